The molecule has 2 rings (SSSR count). The smallest absolute Gasteiger partial charge is 0.328 e. The maximum Gasteiger partial charge on any atom is 0.328 e. The summed E-state index contributed by atoms with van der Waals surface area (Å²) in [6.07, 6.45) is 1.52. The summed E-state index contributed by atoms with van der Waals surface area (Å²) in [5, 5.41) is 2.79. The summed E-state index contributed by atoms with van der Waals surface area (Å²) >= 11 is 0. The number of amides is 1. The Labute approximate surface area is 172 Å². The molecule has 0 unspecified atom stereocenters. The molecule has 2 atom stereocenters. The van der Waals surface area contributed by atoms with E-state index in [1.807, 2.05) is 13.8 Å². The van der Waals surface area contributed by atoms with Crippen LogP contribution in [-0.2, 0) is 24.3 Å². The van der Waals surface area contributed by atoms with Crippen LogP contribution in [-0.4, -0.2) is 58.0 Å². The zero-order valence-corrected chi connectivity index (χ0v) is 18.2. The van der Waals surface area contributed by atoms with Gasteiger partial charge in [0, 0.05) is 19.0 Å². The van der Waals surface area contributed by atoms with Crippen LogP contribution in [0.4, 0.5) is 0 Å². The van der Waals surface area contributed by atoms with Gasteiger partial charge in [-0.15, -0.1) is 0 Å². The van der Waals surface area contributed by atoms with Gasteiger partial charge < -0.3 is 14.8 Å². The maximum absolute atomic E-state index is 12.8. The lowest BCUT2D eigenvalue weighted by Gasteiger charge is -2.32. The summed E-state index contributed by atoms with van der Waals surface area (Å²) in [7, 11) is -0.805. The number of methoxy groups -OCH3 is 2. The highest BCUT2D eigenvalue weighted by Gasteiger charge is 2.34. The van der Waals surface area contributed by atoms with Gasteiger partial charge in [0.05, 0.1) is 19.1 Å². The first-order valence-corrected chi connectivity index (χ1v) is 11.2. The summed E-state index contributed by atoms with van der Waals surface area (Å²) in [5.74, 6) is -0.509. The number of carbonyl (C=O) groups is 2. The van der Waals surface area contributed by atoms with Crippen LogP contribution in [0.3, 0.4) is 0 Å². The van der Waals surface area contributed by atoms with E-state index >= 15 is 0 Å². The molecule has 1 aliphatic heterocycles. The second kappa shape index (κ2) is 10.1. The van der Waals surface area contributed by atoms with Crippen molar-refractivity contribution in [2.24, 2.45) is 11.8 Å². The third-order valence-corrected chi connectivity index (χ3v) is 7.40. The van der Waals surface area contributed by atoms with Crippen molar-refractivity contribution in [1.82, 2.24) is 9.62 Å². The number of benzene rings is 1. The fourth-order valence-electron chi connectivity index (χ4n) is 3.32. The van der Waals surface area contributed by atoms with Crippen molar-refractivity contribution in [2.45, 2.75) is 44.0 Å². The monoisotopic (exact) mass is 426 g/mol. The minimum absolute atomic E-state index is 0.0538. The second-order valence-electron chi connectivity index (χ2n) is 7.25. The van der Waals surface area contributed by atoms with Crippen LogP contribution in [0.25, 0.3) is 0 Å². The number of sulfonamides is 1. The van der Waals surface area contributed by atoms with Crippen LogP contribution >= 0.6 is 0 Å². The van der Waals surface area contributed by atoms with Gasteiger partial charge in [-0.25, -0.2) is 13.2 Å². The van der Waals surface area contributed by atoms with E-state index in [0.717, 1.165) is 6.42 Å². The number of hydrogen-bond acceptors (Lipinski definition) is 6. The highest BCUT2D eigenvalue weighted by molar-refractivity contribution is 7.89. The molecule has 1 amide bonds. The molecule has 0 aromatic heterocycles. The molecule has 1 fully saturated rings. The van der Waals surface area contributed by atoms with E-state index < -0.39 is 22.0 Å². The Morgan fingerprint density at radius 3 is 2.24 bits per heavy atom. The van der Waals surface area contributed by atoms with Gasteiger partial charge in [-0.1, -0.05) is 20.3 Å². The molecule has 1 aliphatic rings. The van der Waals surface area contributed by atoms with Crippen molar-refractivity contribution in [3.63, 3.8) is 0 Å². The minimum atomic E-state index is -3.62. The molecule has 1 saturated heterocycles. The Kier molecular flexibility index (Phi) is 8.04. The molecule has 0 saturated carbocycles. The van der Waals surface area contributed by atoms with Crippen molar-refractivity contribution in [1.29, 1.82) is 0 Å². The van der Waals surface area contributed by atoms with Gasteiger partial charge in [-0.05, 0) is 43.0 Å². The van der Waals surface area contributed by atoms with Crippen molar-refractivity contribution in [3.05, 3.63) is 24.3 Å². The molecule has 29 heavy (non-hydrogen) atoms. The van der Waals surface area contributed by atoms with Crippen LogP contribution in [0, 0.1) is 11.8 Å². The summed E-state index contributed by atoms with van der Waals surface area (Å²) in [4.78, 5) is 24.8. The normalized spacial score (nSPS) is 17.9. The first-order chi connectivity index (χ1) is 13.7. The number of hydrogen-bond donors (Lipinski definition) is 1. The predicted molar refractivity (Wildman–Crippen MR) is 108 cm³/mol. The SMILES string of the molecule is CC[C@H](C)[C@@H](NC(=O)C1CCN(S(=O)(=O)c2ccc(OC)cc2)CC1)C(=O)OC. The standard InChI is InChI=1S/C20H30N2O6S/c1-5-14(2)18(20(24)28-4)21-19(23)15-10-12-22(13-11-15)29(25,26)17-8-6-16(27-3)7-9-17/h6-9,14-15,18H,5,10-13H2,1-4H3,(H,21,23)/t14-,18+/m0/s1. The highest BCUT2D eigenvalue weighted by atomic mass is 32.2. The predicted octanol–water partition coefficient (Wildman–Crippen LogP) is 1.80. The lowest BCUT2D eigenvalue weighted by molar-refractivity contribution is -0.147. The molecule has 0 spiro atoms. The van der Waals surface area contributed by atoms with E-state index in [9.17, 15) is 18.0 Å². The topological polar surface area (TPSA) is 102 Å². The van der Waals surface area contributed by atoms with E-state index in [2.05, 4.69) is 5.32 Å². The van der Waals surface area contributed by atoms with Gasteiger partial charge in [0.1, 0.15) is 11.8 Å². The molecule has 1 heterocycles. The lowest BCUT2D eigenvalue weighted by Crippen LogP contribution is -2.50. The van der Waals surface area contributed by atoms with Crippen molar-refractivity contribution in [3.8, 4) is 5.75 Å². The fourth-order valence-corrected chi connectivity index (χ4v) is 4.79. The number of rotatable bonds is 8. The Balaban J connectivity index is 1.99. The number of nitrogens with one attached hydrogen (secondary N) is 1. The van der Waals surface area contributed by atoms with E-state index in [4.69, 9.17) is 9.47 Å². The lowest BCUT2D eigenvalue weighted by atomic mass is 9.94. The van der Waals surface area contributed by atoms with Crippen molar-refractivity contribution < 1.29 is 27.5 Å². The average molecular weight is 427 g/mol. The van der Waals surface area contributed by atoms with Gasteiger partial charge in [0.2, 0.25) is 15.9 Å². The molecule has 162 valence electrons. The number of piperidine rings is 1. The summed E-state index contributed by atoms with van der Waals surface area (Å²) < 4.78 is 36.9. The summed E-state index contributed by atoms with van der Waals surface area (Å²) in [5.41, 5.74) is 0. The molecule has 8 nitrogen and oxygen atoms in total. The number of nitrogens with zero attached hydrogens (tertiary/aromatic N) is 1. The first-order valence-electron chi connectivity index (χ1n) is 9.77. The molecule has 0 aliphatic carbocycles. The molecule has 0 bridgehead atoms. The molecule has 1 aromatic carbocycles. The zero-order chi connectivity index (χ0) is 21.6. The molecular weight excluding hydrogens is 396 g/mol. The van der Waals surface area contributed by atoms with Gasteiger partial charge in [-0.3, -0.25) is 4.79 Å². The van der Waals surface area contributed by atoms with E-state index in [1.165, 1.54) is 30.7 Å². The van der Waals surface area contributed by atoms with Crippen LogP contribution in [0.5, 0.6) is 5.75 Å². The summed E-state index contributed by atoms with van der Waals surface area (Å²) in [6, 6.07) is 5.54. The largest absolute Gasteiger partial charge is 0.497 e. The van der Waals surface area contributed by atoms with Gasteiger partial charge in [0.15, 0.2) is 0 Å². The fraction of sp³-hybridized carbons (Fsp3) is 0.600. The van der Waals surface area contributed by atoms with Crippen LogP contribution in [0.2, 0.25) is 0 Å². The molecular formula is C20H30N2O6S. The minimum Gasteiger partial charge on any atom is -0.497 e. The highest BCUT2D eigenvalue weighted by Crippen LogP contribution is 2.25. The molecule has 1 aromatic rings. The Morgan fingerprint density at radius 1 is 1.17 bits per heavy atom. The Bertz CT molecular complexity index is 801. The molecule has 9 heteroatoms. The quantitative estimate of drug-likeness (QED) is 0.636. The number of ether oxygens (including phenoxy) is 2. The average Bonchev–Trinajstić information content (AvgIpc) is 2.76. The van der Waals surface area contributed by atoms with Crippen molar-refractivity contribution >= 4 is 21.9 Å². The van der Waals surface area contributed by atoms with Gasteiger partial charge >= 0.3 is 5.97 Å². The summed E-state index contributed by atoms with van der Waals surface area (Å²) in [6.45, 7) is 4.32. The van der Waals surface area contributed by atoms with Crippen molar-refractivity contribution in [2.75, 3.05) is 27.3 Å². The first kappa shape index (κ1) is 23.2. The van der Waals surface area contributed by atoms with E-state index in [1.54, 1.807) is 12.1 Å². The van der Waals surface area contributed by atoms with E-state index in [0.29, 0.717) is 18.6 Å². The van der Waals surface area contributed by atoms with Crippen LogP contribution in [0.15, 0.2) is 29.2 Å². The Hall–Kier alpha value is -2.13. The van der Waals surface area contributed by atoms with E-state index in [-0.39, 0.29) is 35.7 Å². The van der Waals surface area contributed by atoms with Gasteiger partial charge in [-0.2, -0.15) is 4.31 Å². The molecule has 0 radical (unpaired) electrons. The third-order valence-electron chi connectivity index (χ3n) is 5.49. The second-order valence-corrected chi connectivity index (χ2v) is 9.19. The Morgan fingerprint density at radius 2 is 1.76 bits per heavy atom. The number of esters is 1. The van der Waals surface area contributed by atoms with Gasteiger partial charge in [0.25, 0.3) is 0 Å². The van der Waals surface area contributed by atoms with Crippen LogP contribution < -0.4 is 10.1 Å². The molecule has 1 N–H and O–H groups in total. The zero-order valence-electron chi connectivity index (χ0n) is 17.4. The third kappa shape index (κ3) is 5.48. The van der Waals surface area contributed by atoms with Crippen LogP contribution in [0.1, 0.15) is 33.1 Å². The number of carbonyl (C=O) groups excluding carboxylic acids is 2. The maximum atomic E-state index is 12.8.